The SMILES string of the molecule is O=P([O-])([O-])C(Cl)(Cl)P(=O)([O-])[O-].[Pd+2].[Pd+2]. The molecular formula is CCl2O6P2Pd2. The van der Waals surface area contributed by atoms with E-state index in [-0.39, 0.29) is 40.8 Å². The van der Waals surface area contributed by atoms with E-state index in [1.165, 1.54) is 0 Å². The maximum Gasteiger partial charge on any atom is 2.00 e. The van der Waals surface area contributed by atoms with Crippen LogP contribution in [0, 0.1) is 0 Å². The fourth-order valence-corrected chi connectivity index (χ4v) is 1.35. The molecule has 0 spiro atoms. The van der Waals surface area contributed by atoms with Gasteiger partial charge < -0.3 is 28.7 Å². The second-order valence-corrected chi connectivity index (χ2v) is 7.57. The van der Waals surface area contributed by atoms with Crippen molar-refractivity contribution in [2.75, 3.05) is 0 Å². The molecule has 0 saturated heterocycles. The normalized spacial score (nSPS) is 12.8. The largest absolute Gasteiger partial charge is 2.00 e. The van der Waals surface area contributed by atoms with Crippen LogP contribution >= 0.6 is 38.4 Å². The molecule has 0 heterocycles. The van der Waals surface area contributed by atoms with E-state index in [1.54, 1.807) is 0 Å². The Hall–Kier alpha value is 2.20. The van der Waals surface area contributed by atoms with Crippen LogP contribution in [0.5, 0.6) is 0 Å². The van der Waals surface area contributed by atoms with Gasteiger partial charge in [-0.15, -0.1) is 0 Å². The minimum absolute atomic E-state index is 0. The second kappa shape index (κ2) is 6.07. The van der Waals surface area contributed by atoms with Gasteiger partial charge in [0.05, 0.1) is 0 Å². The van der Waals surface area contributed by atoms with Crippen molar-refractivity contribution in [1.82, 2.24) is 0 Å². The Morgan fingerprint density at radius 2 is 1.00 bits per heavy atom. The number of rotatable bonds is 2. The Kier molecular flexibility index (Phi) is 9.61. The predicted octanol–water partition coefficient (Wildman–Crippen LogP) is -2.10. The molecule has 0 amide bonds. The fraction of sp³-hybridized carbons (Fsp3) is 1.00. The van der Waals surface area contributed by atoms with Crippen LogP contribution in [0.4, 0.5) is 0 Å². The first-order valence-corrected chi connectivity index (χ1v) is 5.76. The minimum Gasteiger partial charge on any atom is -0.808 e. The van der Waals surface area contributed by atoms with Crippen molar-refractivity contribution in [3.8, 4) is 0 Å². The molecule has 0 rings (SSSR count). The molecule has 0 unspecified atom stereocenters. The maximum atomic E-state index is 9.94. The van der Waals surface area contributed by atoms with E-state index in [0.717, 1.165) is 0 Å². The Labute approximate surface area is 111 Å². The van der Waals surface area contributed by atoms with Gasteiger partial charge in [-0.05, 0) is 15.2 Å². The van der Waals surface area contributed by atoms with Gasteiger partial charge in [-0.25, -0.2) is 0 Å². The second-order valence-electron chi connectivity index (χ2n) is 1.50. The summed E-state index contributed by atoms with van der Waals surface area (Å²) < 4.78 is 16.1. The molecule has 0 aliphatic carbocycles. The summed E-state index contributed by atoms with van der Waals surface area (Å²) in [5.74, 6) is 0. The van der Waals surface area contributed by atoms with Crippen LogP contribution in [0.15, 0.2) is 0 Å². The van der Waals surface area contributed by atoms with Gasteiger partial charge in [-0.2, -0.15) is 0 Å². The molecule has 84 valence electrons. The Balaban J connectivity index is -0.000000500. The van der Waals surface area contributed by atoms with E-state index >= 15 is 0 Å². The molecule has 0 bridgehead atoms. The molecule has 13 heavy (non-hydrogen) atoms. The zero-order valence-electron chi connectivity index (χ0n) is 5.23. The van der Waals surface area contributed by atoms with E-state index in [4.69, 9.17) is 0 Å². The summed E-state index contributed by atoms with van der Waals surface area (Å²) in [6.45, 7) is 0. The van der Waals surface area contributed by atoms with Crippen LogP contribution in [0.3, 0.4) is 0 Å². The maximum absolute atomic E-state index is 9.94. The van der Waals surface area contributed by atoms with Gasteiger partial charge >= 0.3 is 40.8 Å². The van der Waals surface area contributed by atoms with E-state index in [0.29, 0.717) is 0 Å². The topological polar surface area (TPSA) is 126 Å². The van der Waals surface area contributed by atoms with Gasteiger partial charge in [0, 0.05) is 0 Å². The van der Waals surface area contributed by atoms with E-state index in [9.17, 15) is 28.7 Å². The summed E-state index contributed by atoms with van der Waals surface area (Å²) in [5, 5.41) is 0. The Bertz CT molecular complexity index is 219. The van der Waals surface area contributed by atoms with Gasteiger partial charge in [0.1, 0.15) is 0 Å². The molecule has 0 aromatic carbocycles. The van der Waals surface area contributed by atoms with Crippen molar-refractivity contribution in [1.29, 1.82) is 0 Å². The van der Waals surface area contributed by atoms with Crippen molar-refractivity contribution >= 4 is 38.4 Å². The Morgan fingerprint density at radius 3 is 1.00 bits per heavy atom. The fourth-order valence-electron chi connectivity index (χ4n) is 0.150. The van der Waals surface area contributed by atoms with Crippen molar-refractivity contribution in [2.45, 2.75) is 3.82 Å². The van der Waals surface area contributed by atoms with Gasteiger partial charge in [-0.1, -0.05) is 23.2 Å². The average molecular weight is 454 g/mol. The number of halogens is 2. The zero-order valence-corrected chi connectivity index (χ0v) is 11.6. The molecule has 0 saturated carbocycles. The standard InChI is InChI=1S/CH4Cl2O6P2.2Pd/c2-1(3,10(4,5)6)11(7,8)9;;/h(H2,4,5,6)(H2,7,8,9);;/q;2*+2/p-4. The predicted molar refractivity (Wildman–Crippen MR) is 29.7 cm³/mol. The monoisotopic (exact) mass is 452 g/mol. The number of hydrogen-bond donors (Lipinski definition) is 0. The number of alkyl halides is 2. The molecule has 0 aliphatic rings. The average Bonchev–Trinajstić information content (AvgIpc) is 1.58. The van der Waals surface area contributed by atoms with E-state index < -0.39 is 19.0 Å². The molecule has 0 radical (unpaired) electrons. The third kappa shape index (κ3) is 5.18. The summed E-state index contributed by atoms with van der Waals surface area (Å²) in [4.78, 5) is 39.7. The third-order valence-corrected chi connectivity index (χ3v) is 5.93. The molecule has 0 fully saturated rings. The zero-order chi connectivity index (χ0) is 9.50. The quantitative estimate of drug-likeness (QED) is 0.268. The van der Waals surface area contributed by atoms with Crippen molar-refractivity contribution in [2.24, 2.45) is 0 Å². The first-order valence-electron chi connectivity index (χ1n) is 1.92. The summed E-state index contributed by atoms with van der Waals surface area (Å²) >= 11 is 8.96. The van der Waals surface area contributed by atoms with Crippen LogP contribution in [0.25, 0.3) is 0 Å². The molecule has 0 aromatic heterocycles. The smallest absolute Gasteiger partial charge is 0.808 e. The Morgan fingerprint density at radius 1 is 0.846 bits per heavy atom. The summed E-state index contributed by atoms with van der Waals surface area (Å²) in [5.41, 5.74) is 0. The minimum atomic E-state index is -5.85. The van der Waals surface area contributed by atoms with E-state index in [1.807, 2.05) is 0 Å². The van der Waals surface area contributed by atoms with Crippen LogP contribution in [0.1, 0.15) is 0 Å². The van der Waals surface area contributed by atoms with Gasteiger partial charge in [0.25, 0.3) is 0 Å². The van der Waals surface area contributed by atoms with Crippen LogP contribution < -0.4 is 19.6 Å². The number of hydrogen-bond acceptors (Lipinski definition) is 6. The van der Waals surface area contributed by atoms with Crippen LogP contribution in [-0.4, -0.2) is 3.82 Å². The van der Waals surface area contributed by atoms with Crippen LogP contribution in [0.2, 0.25) is 0 Å². The third-order valence-electron chi connectivity index (χ3n) is 0.659. The van der Waals surface area contributed by atoms with Crippen molar-refractivity contribution < 1.29 is 69.5 Å². The molecular weight excluding hydrogens is 454 g/mol. The molecule has 0 N–H and O–H groups in total. The van der Waals surface area contributed by atoms with Gasteiger partial charge in [0.2, 0.25) is 0 Å². The van der Waals surface area contributed by atoms with Crippen molar-refractivity contribution in [3.63, 3.8) is 0 Å². The van der Waals surface area contributed by atoms with Crippen molar-refractivity contribution in [3.05, 3.63) is 0 Å². The molecule has 6 nitrogen and oxygen atoms in total. The van der Waals surface area contributed by atoms with Gasteiger partial charge in [0.15, 0.2) is 3.82 Å². The first kappa shape index (κ1) is 20.6. The van der Waals surface area contributed by atoms with Gasteiger partial charge in [-0.3, -0.25) is 0 Å². The summed E-state index contributed by atoms with van der Waals surface area (Å²) in [7, 11) is -11.7. The molecule has 0 aromatic rings. The molecule has 12 heteroatoms. The summed E-state index contributed by atoms with van der Waals surface area (Å²) in [6.07, 6.45) is 0. The molecule has 0 aliphatic heterocycles. The van der Waals surface area contributed by atoms with E-state index in [2.05, 4.69) is 23.2 Å². The summed E-state index contributed by atoms with van der Waals surface area (Å²) in [6, 6.07) is 0. The van der Waals surface area contributed by atoms with Crippen LogP contribution in [-0.2, 0) is 50.0 Å². The first-order chi connectivity index (χ1) is 4.50. The molecule has 0 atom stereocenters.